The van der Waals surface area contributed by atoms with Crippen LogP contribution in [0.15, 0.2) is 22.8 Å². The molecule has 0 amide bonds. The third-order valence-corrected chi connectivity index (χ3v) is 2.96. The van der Waals surface area contributed by atoms with Gasteiger partial charge in [0.15, 0.2) is 5.65 Å². The standard InChI is InChI=1S/C13H19BrN4O/c1-10(2)9-19-7-3-6-15-13-16-12-5-4-11(14)8-18(12)17-13/h4-5,8,10H,3,6-7,9H2,1-2H3,(H,15,17). The number of nitrogens with zero attached hydrogens (tertiary/aromatic N) is 3. The van der Waals surface area contributed by atoms with E-state index in [-0.39, 0.29) is 0 Å². The topological polar surface area (TPSA) is 51.5 Å². The van der Waals surface area contributed by atoms with Gasteiger partial charge in [-0.05, 0) is 40.4 Å². The Kier molecular flexibility index (Phi) is 5.15. The lowest BCUT2D eigenvalue weighted by Crippen LogP contribution is -2.09. The lowest BCUT2D eigenvalue weighted by Gasteiger charge is -2.06. The van der Waals surface area contributed by atoms with Crippen LogP contribution in [0.25, 0.3) is 5.65 Å². The van der Waals surface area contributed by atoms with E-state index in [1.54, 1.807) is 4.52 Å². The number of hydrogen-bond acceptors (Lipinski definition) is 4. The second-order valence-corrected chi connectivity index (χ2v) is 5.75. The third kappa shape index (κ3) is 4.47. The first kappa shape index (κ1) is 14.3. The van der Waals surface area contributed by atoms with Crippen LogP contribution in [0.5, 0.6) is 0 Å². The molecule has 0 spiro atoms. The second-order valence-electron chi connectivity index (χ2n) is 4.83. The molecule has 2 heterocycles. The van der Waals surface area contributed by atoms with Gasteiger partial charge in [0, 0.05) is 30.4 Å². The van der Waals surface area contributed by atoms with Gasteiger partial charge in [-0.25, -0.2) is 4.52 Å². The minimum absolute atomic E-state index is 0.589. The Balaban J connectivity index is 1.75. The van der Waals surface area contributed by atoms with E-state index in [0.29, 0.717) is 11.9 Å². The van der Waals surface area contributed by atoms with Crippen LogP contribution in [0.1, 0.15) is 20.3 Å². The van der Waals surface area contributed by atoms with Gasteiger partial charge in [0.1, 0.15) is 0 Å². The lowest BCUT2D eigenvalue weighted by atomic mass is 10.2. The maximum atomic E-state index is 5.52. The summed E-state index contributed by atoms with van der Waals surface area (Å²) in [6, 6.07) is 3.88. The van der Waals surface area contributed by atoms with Crippen molar-refractivity contribution in [3.05, 3.63) is 22.8 Å². The molecule has 19 heavy (non-hydrogen) atoms. The molecule has 0 fully saturated rings. The summed E-state index contributed by atoms with van der Waals surface area (Å²) in [5, 5.41) is 7.55. The number of anilines is 1. The van der Waals surface area contributed by atoms with Crippen molar-refractivity contribution in [2.24, 2.45) is 5.92 Å². The van der Waals surface area contributed by atoms with E-state index >= 15 is 0 Å². The third-order valence-electron chi connectivity index (χ3n) is 2.49. The summed E-state index contributed by atoms with van der Waals surface area (Å²) in [5.41, 5.74) is 0.835. The van der Waals surface area contributed by atoms with E-state index in [9.17, 15) is 0 Å². The Morgan fingerprint density at radius 3 is 3.05 bits per heavy atom. The van der Waals surface area contributed by atoms with Crippen LogP contribution in [0.4, 0.5) is 5.95 Å². The maximum absolute atomic E-state index is 5.52. The van der Waals surface area contributed by atoms with E-state index in [1.807, 2.05) is 18.3 Å². The molecule has 104 valence electrons. The Bertz CT molecular complexity index is 526. The van der Waals surface area contributed by atoms with Gasteiger partial charge in [0.25, 0.3) is 0 Å². The fraction of sp³-hybridized carbons (Fsp3) is 0.538. The molecule has 0 atom stereocenters. The van der Waals surface area contributed by atoms with Gasteiger partial charge in [-0.15, -0.1) is 5.10 Å². The number of aromatic nitrogens is 3. The summed E-state index contributed by atoms with van der Waals surface area (Å²) in [4.78, 5) is 4.38. The molecular weight excluding hydrogens is 308 g/mol. The monoisotopic (exact) mass is 326 g/mol. The maximum Gasteiger partial charge on any atom is 0.243 e. The number of ether oxygens (including phenoxy) is 1. The second kappa shape index (κ2) is 6.86. The average molecular weight is 327 g/mol. The molecule has 0 saturated carbocycles. The van der Waals surface area contributed by atoms with Gasteiger partial charge in [0.2, 0.25) is 5.95 Å². The zero-order valence-corrected chi connectivity index (χ0v) is 12.9. The molecule has 0 aliphatic carbocycles. The Labute approximate surface area is 121 Å². The SMILES string of the molecule is CC(C)COCCCNc1nc2ccc(Br)cn2n1. The number of rotatable bonds is 7. The largest absolute Gasteiger partial charge is 0.381 e. The molecule has 0 radical (unpaired) electrons. The zero-order chi connectivity index (χ0) is 13.7. The molecule has 2 aromatic heterocycles. The van der Waals surface area contributed by atoms with Gasteiger partial charge in [-0.3, -0.25) is 0 Å². The summed E-state index contributed by atoms with van der Waals surface area (Å²) >= 11 is 3.41. The highest BCUT2D eigenvalue weighted by Crippen LogP contribution is 2.12. The van der Waals surface area contributed by atoms with Gasteiger partial charge in [0.05, 0.1) is 0 Å². The first-order valence-electron chi connectivity index (χ1n) is 6.48. The molecule has 2 aromatic rings. The van der Waals surface area contributed by atoms with E-state index in [4.69, 9.17) is 4.74 Å². The fourth-order valence-corrected chi connectivity index (χ4v) is 1.95. The zero-order valence-electron chi connectivity index (χ0n) is 11.3. The van der Waals surface area contributed by atoms with Gasteiger partial charge in [-0.1, -0.05) is 13.8 Å². The van der Waals surface area contributed by atoms with E-state index < -0.39 is 0 Å². The van der Waals surface area contributed by atoms with Crippen molar-refractivity contribution in [1.29, 1.82) is 0 Å². The van der Waals surface area contributed by atoms with Crippen LogP contribution < -0.4 is 5.32 Å². The smallest absolute Gasteiger partial charge is 0.243 e. The minimum atomic E-state index is 0.589. The van der Waals surface area contributed by atoms with Gasteiger partial charge in [-0.2, -0.15) is 4.98 Å². The molecular formula is C13H19BrN4O. The van der Waals surface area contributed by atoms with Crippen LogP contribution in [-0.4, -0.2) is 34.4 Å². The Hall–Kier alpha value is -1.14. The Morgan fingerprint density at radius 1 is 1.42 bits per heavy atom. The van der Waals surface area contributed by atoms with Crippen molar-refractivity contribution >= 4 is 27.5 Å². The van der Waals surface area contributed by atoms with Crippen LogP contribution in [0, 0.1) is 5.92 Å². The van der Waals surface area contributed by atoms with E-state index in [2.05, 4.69) is 45.2 Å². The van der Waals surface area contributed by atoms with Crippen LogP contribution in [-0.2, 0) is 4.74 Å². The van der Waals surface area contributed by atoms with Crippen molar-refractivity contribution in [1.82, 2.24) is 14.6 Å². The summed E-state index contributed by atoms with van der Waals surface area (Å²) < 4.78 is 8.25. The van der Waals surface area contributed by atoms with Crippen molar-refractivity contribution in [2.45, 2.75) is 20.3 Å². The molecule has 0 bridgehead atoms. The molecule has 5 nitrogen and oxygen atoms in total. The predicted octanol–water partition coefficient (Wildman–Crippen LogP) is 2.97. The fourth-order valence-electron chi connectivity index (χ4n) is 1.63. The predicted molar refractivity (Wildman–Crippen MR) is 79.5 cm³/mol. The molecule has 2 rings (SSSR count). The summed E-state index contributed by atoms with van der Waals surface area (Å²) in [5.74, 6) is 1.24. The van der Waals surface area contributed by atoms with Crippen molar-refractivity contribution < 1.29 is 4.74 Å². The summed E-state index contributed by atoms with van der Waals surface area (Å²) in [7, 11) is 0. The first-order valence-corrected chi connectivity index (χ1v) is 7.28. The summed E-state index contributed by atoms with van der Waals surface area (Å²) in [6.45, 7) is 6.70. The summed E-state index contributed by atoms with van der Waals surface area (Å²) in [6.07, 6.45) is 2.84. The van der Waals surface area contributed by atoms with Crippen LogP contribution >= 0.6 is 15.9 Å². The van der Waals surface area contributed by atoms with Crippen molar-refractivity contribution in [2.75, 3.05) is 25.1 Å². The number of nitrogens with one attached hydrogen (secondary N) is 1. The van der Waals surface area contributed by atoms with E-state index in [0.717, 1.165) is 36.3 Å². The molecule has 6 heteroatoms. The highest BCUT2D eigenvalue weighted by atomic mass is 79.9. The Morgan fingerprint density at radius 2 is 2.26 bits per heavy atom. The van der Waals surface area contributed by atoms with Crippen molar-refractivity contribution in [3.63, 3.8) is 0 Å². The molecule has 1 N–H and O–H groups in total. The minimum Gasteiger partial charge on any atom is -0.381 e. The van der Waals surface area contributed by atoms with E-state index in [1.165, 1.54) is 0 Å². The normalized spacial score (nSPS) is 11.4. The number of halogens is 1. The molecule has 0 aliphatic heterocycles. The van der Waals surface area contributed by atoms with Crippen molar-refractivity contribution in [3.8, 4) is 0 Å². The number of pyridine rings is 1. The molecule has 0 aliphatic rings. The highest BCUT2D eigenvalue weighted by molar-refractivity contribution is 9.10. The van der Waals surface area contributed by atoms with Crippen LogP contribution in [0.2, 0.25) is 0 Å². The molecule has 0 aromatic carbocycles. The quantitative estimate of drug-likeness (QED) is 0.795. The highest BCUT2D eigenvalue weighted by Gasteiger charge is 2.02. The molecule has 0 saturated heterocycles. The van der Waals surface area contributed by atoms with Gasteiger partial charge >= 0.3 is 0 Å². The average Bonchev–Trinajstić information content (AvgIpc) is 2.75. The number of hydrogen-bond donors (Lipinski definition) is 1. The lowest BCUT2D eigenvalue weighted by molar-refractivity contribution is 0.110. The van der Waals surface area contributed by atoms with Gasteiger partial charge < -0.3 is 10.1 Å². The van der Waals surface area contributed by atoms with Crippen LogP contribution in [0.3, 0.4) is 0 Å². The first-order chi connectivity index (χ1) is 9.15. The number of fused-ring (bicyclic) bond motifs is 1. The molecule has 0 unspecified atom stereocenters.